The van der Waals surface area contributed by atoms with Crippen molar-refractivity contribution in [1.82, 2.24) is 9.62 Å². The lowest BCUT2D eigenvalue weighted by Gasteiger charge is -2.18. The number of carbonyl (C=O) groups is 1. The van der Waals surface area contributed by atoms with Crippen LogP contribution in [0.15, 0.2) is 71.6 Å². The zero-order valence-electron chi connectivity index (χ0n) is 18.4. The van der Waals surface area contributed by atoms with Gasteiger partial charge in [-0.2, -0.15) is 0 Å². The molecule has 3 aromatic carbocycles. The van der Waals surface area contributed by atoms with Crippen molar-refractivity contribution in [2.24, 2.45) is 0 Å². The molecular formula is C24H28N2O5S. The molecule has 0 saturated heterocycles. The fourth-order valence-electron chi connectivity index (χ4n) is 3.15. The molecule has 1 N–H and O–H groups in total. The Labute approximate surface area is 189 Å². The number of benzene rings is 3. The molecule has 3 rings (SSSR count). The van der Waals surface area contributed by atoms with E-state index < -0.39 is 16.1 Å². The molecule has 0 aliphatic heterocycles. The summed E-state index contributed by atoms with van der Waals surface area (Å²) in [5.41, 5.74) is 0. The molecule has 1 amide bonds. The van der Waals surface area contributed by atoms with Gasteiger partial charge < -0.3 is 14.8 Å². The Kier molecular flexibility index (Phi) is 7.71. The van der Waals surface area contributed by atoms with Crippen LogP contribution in [0.4, 0.5) is 0 Å². The Morgan fingerprint density at radius 1 is 1.00 bits per heavy atom. The summed E-state index contributed by atoms with van der Waals surface area (Å²) in [6.07, 6.45) is -0.0890. The van der Waals surface area contributed by atoms with Crippen molar-refractivity contribution >= 4 is 26.7 Å². The quantitative estimate of drug-likeness (QED) is 0.473. The third-order valence-electron chi connectivity index (χ3n) is 4.95. The van der Waals surface area contributed by atoms with Gasteiger partial charge in [-0.1, -0.05) is 43.3 Å². The minimum absolute atomic E-state index is 0.194. The molecule has 0 aliphatic carbocycles. The number of rotatable bonds is 10. The van der Waals surface area contributed by atoms with Crippen molar-refractivity contribution in [3.05, 3.63) is 66.7 Å². The summed E-state index contributed by atoms with van der Waals surface area (Å²) in [5.74, 6) is 0.988. The van der Waals surface area contributed by atoms with Crippen LogP contribution in [0.1, 0.15) is 13.3 Å². The maximum Gasteiger partial charge on any atom is 0.261 e. The Bertz CT molecular complexity index is 1160. The summed E-state index contributed by atoms with van der Waals surface area (Å²) < 4.78 is 37.0. The number of nitrogens with zero attached hydrogens (tertiary/aromatic N) is 1. The lowest BCUT2D eigenvalue weighted by molar-refractivity contribution is -0.128. The van der Waals surface area contributed by atoms with Gasteiger partial charge in [-0.05, 0) is 42.1 Å². The van der Waals surface area contributed by atoms with Gasteiger partial charge in [0.25, 0.3) is 5.91 Å². The van der Waals surface area contributed by atoms with E-state index in [-0.39, 0.29) is 17.4 Å². The minimum atomic E-state index is -3.48. The van der Waals surface area contributed by atoms with E-state index in [0.717, 1.165) is 15.1 Å². The maximum absolute atomic E-state index is 12.6. The van der Waals surface area contributed by atoms with Crippen LogP contribution in [0, 0.1) is 0 Å². The zero-order valence-corrected chi connectivity index (χ0v) is 19.3. The Morgan fingerprint density at radius 3 is 2.38 bits per heavy atom. The third-order valence-corrected chi connectivity index (χ3v) is 6.78. The first kappa shape index (κ1) is 23.6. The van der Waals surface area contributed by atoms with Crippen molar-refractivity contribution in [1.29, 1.82) is 0 Å². The molecule has 8 heteroatoms. The van der Waals surface area contributed by atoms with Gasteiger partial charge in [-0.3, -0.25) is 4.79 Å². The van der Waals surface area contributed by atoms with Gasteiger partial charge >= 0.3 is 0 Å². The summed E-state index contributed by atoms with van der Waals surface area (Å²) in [5, 5.41) is 4.85. The molecule has 170 valence electrons. The number of fused-ring (bicyclic) bond motifs is 1. The number of hydrogen-bond acceptors (Lipinski definition) is 5. The van der Waals surface area contributed by atoms with Crippen molar-refractivity contribution in [3.8, 4) is 11.5 Å². The Hall–Kier alpha value is -3.10. The van der Waals surface area contributed by atoms with E-state index in [0.29, 0.717) is 24.5 Å². The number of carbonyl (C=O) groups excluding carboxylic acids is 1. The van der Waals surface area contributed by atoms with Crippen molar-refractivity contribution < 1.29 is 22.7 Å². The summed E-state index contributed by atoms with van der Waals surface area (Å²) in [7, 11) is -0.511. The van der Waals surface area contributed by atoms with Crippen LogP contribution >= 0.6 is 0 Å². The predicted octanol–water partition coefficient (Wildman–Crippen LogP) is 3.44. The van der Waals surface area contributed by atoms with Gasteiger partial charge in [0.05, 0.1) is 11.4 Å². The van der Waals surface area contributed by atoms with E-state index in [9.17, 15) is 13.2 Å². The molecule has 0 heterocycles. The van der Waals surface area contributed by atoms with E-state index in [2.05, 4.69) is 5.32 Å². The molecule has 0 unspecified atom stereocenters. The molecular weight excluding hydrogens is 428 g/mol. The average molecular weight is 457 g/mol. The molecule has 0 spiro atoms. The van der Waals surface area contributed by atoms with Crippen molar-refractivity contribution in [3.63, 3.8) is 0 Å². The summed E-state index contributed by atoms with van der Waals surface area (Å²) in [4.78, 5) is 12.8. The smallest absolute Gasteiger partial charge is 0.261 e. The summed E-state index contributed by atoms with van der Waals surface area (Å²) >= 11 is 0. The highest BCUT2D eigenvalue weighted by Gasteiger charge is 2.19. The predicted molar refractivity (Wildman–Crippen MR) is 124 cm³/mol. The third kappa shape index (κ3) is 5.57. The fourth-order valence-corrected chi connectivity index (χ4v) is 4.05. The first-order valence-electron chi connectivity index (χ1n) is 10.4. The standard InChI is InChI=1S/C24H28N2O5S/c1-4-22(31-23-11-7-9-18-8-5-6-10-21(18)23)24(27)25-16-17-30-19-12-14-20(15-13-19)32(28,29)26(2)3/h5-15,22H,4,16-17H2,1-3H3,(H,25,27)/t22-/m1/s1. The first-order valence-corrected chi connectivity index (χ1v) is 11.8. The second-order valence-electron chi connectivity index (χ2n) is 7.39. The number of nitrogens with one attached hydrogen (secondary N) is 1. The fraction of sp³-hybridized carbons (Fsp3) is 0.292. The molecule has 3 aromatic rings. The van der Waals surface area contributed by atoms with E-state index in [1.165, 1.54) is 26.2 Å². The zero-order chi connectivity index (χ0) is 23.1. The molecule has 0 saturated carbocycles. The topological polar surface area (TPSA) is 84.9 Å². The van der Waals surface area contributed by atoms with E-state index in [1.807, 2.05) is 49.4 Å². The second-order valence-corrected chi connectivity index (χ2v) is 9.54. The molecule has 0 radical (unpaired) electrons. The highest BCUT2D eigenvalue weighted by molar-refractivity contribution is 7.89. The monoisotopic (exact) mass is 456 g/mol. The Balaban J connectivity index is 1.51. The molecule has 0 bridgehead atoms. The highest BCUT2D eigenvalue weighted by Crippen LogP contribution is 2.26. The lowest BCUT2D eigenvalue weighted by Crippen LogP contribution is -2.39. The molecule has 1 atom stereocenters. The molecule has 32 heavy (non-hydrogen) atoms. The molecule has 0 aliphatic rings. The van der Waals surface area contributed by atoms with Gasteiger partial charge in [0, 0.05) is 19.5 Å². The number of ether oxygens (including phenoxy) is 2. The van der Waals surface area contributed by atoms with Gasteiger partial charge in [-0.15, -0.1) is 0 Å². The van der Waals surface area contributed by atoms with Crippen LogP contribution in [-0.2, 0) is 14.8 Å². The first-order chi connectivity index (χ1) is 15.3. The number of hydrogen-bond donors (Lipinski definition) is 1. The maximum atomic E-state index is 12.6. The van der Waals surface area contributed by atoms with Crippen LogP contribution < -0.4 is 14.8 Å². The average Bonchev–Trinajstić information content (AvgIpc) is 2.80. The van der Waals surface area contributed by atoms with Crippen LogP contribution in [0.5, 0.6) is 11.5 Å². The van der Waals surface area contributed by atoms with E-state index >= 15 is 0 Å². The van der Waals surface area contributed by atoms with Crippen LogP contribution in [0.25, 0.3) is 10.8 Å². The molecule has 7 nitrogen and oxygen atoms in total. The second kappa shape index (κ2) is 10.5. The SMILES string of the molecule is CC[C@@H](Oc1cccc2ccccc12)C(=O)NCCOc1ccc(S(=O)(=O)N(C)C)cc1. The number of amides is 1. The van der Waals surface area contributed by atoms with Crippen molar-refractivity contribution in [2.75, 3.05) is 27.2 Å². The van der Waals surface area contributed by atoms with Crippen LogP contribution in [0.2, 0.25) is 0 Å². The molecule has 0 fully saturated rings. The summed E-state index contributed by atoms with van der Waals surface area (Å²) in [6.45, 7) is 2.44. The largest absolute Gasteiger partial charge is 0.492 e. The number of sulfonamides is 1. The highest BCUT2D eigenvalue weighted by atomic mass is 32.2. The van der Waals surface area contributed by atoms with Gasteiger partial charge in [0.1, 0.15) is 18.1 Å². The summed E-state index contributed by atoms with van der Waals surface area (Å²) in [6, 6.07) is 19.8. The van der Waals surface area contributed by atoms with E-state index in [4.69, 9.17) is 9.47 Å². The van der Waals surface area contributed by atoms with Crippen LogP contribution in [0.3, 0.4) is 0 Å². The Morgan fingerprint density at radius 2 is 1.69 bits per heavy atom. The van der Waals surface area contributed by atoms with Gasteiger partial charge in [0.2, 0.25) is 10.0 Å². The van der Waals surface area contributed by atoms with Crippen molar-refractivity contribution in [2.45, 2.75) is 24.3 Å². The van der Waals surface area contributed by atoms with Gasteiger partial charge in [0.15, 0.2) is 6.10 Å². The normalized spacial score (nSPS) is 12.5. The molecule has 0 aromatic heterocycles. The van der Waals surface area contributed by atoms with Crippen LogP contribution in [-0.4, -0.2) is 52.0 Å². The lowest BCUT2D eigenvalue weighted by atomic mass is 10.1. The minimum Gasteiger partial charge on any atom is -0.492 e. The van der Waals surface area contributed by atoms with E-state index in [1.54, 1.807) is 12.1 Å². The van der Waals surface area contributed by atoms with Gasteiger partial charge in [-0.25, -0.2) is 12.7 Å².